The number of aryl methyl sites for hydroxylation is 1. The van der Waals surface area contributed by atoms with Gasteiger partial charge in [0.2, 0.25) is 0 Å². The van der Waals surface area contributed by atoms with Gasteiger partial charge in [0.25, 0.3) is 5.91 Å². The van der Waals surface area contributed by atoms with Crippen molar-refractivity contribution in [3.63, 3.8) is 0 Å². The second kappa shape index (κ2) is 12.3. The second-order valence-corrected chi connectivity index (χ2v) is 11.6. The highest BCUT2D eigenvalue weighted by atomic mass is 19.4. The Kier molecular flexibility index (Phi) is 8.19. The van der Waals surface area contributed by atoms with Crippen LogP contribution in [0.3, 0.4) is 0 Å². The van der Waals surface area contributed by atoms with Crippen molar-refractivity contribution in [3.05, 3.63) is 76.6 Å². The van der Waals surface area contributed by atoms with Gasteiger partial charge in [0.05, 0.1) is 36.2 Å². The third-order valence-corrected chi connectivity index (χ3v) is 8.58. The van der Waals surface area contributed by atoms with E-state index in [-0.39, 0.29) is 36.5 Å². The van der Waals surface area contributed by atoms with Crippen LogP contribution in [0.25, 0.3) is 22.5 Å². The zero-order valence-corrected chi connectivity index (χ0v) is 25.3. The van der Waals surface area contributed by atoms with Gasteiger partial charge in [-0.15, -0.1) is 10.2 Å². The standard InChI is InChI=1S/C33H30F3N9O/c1-43(23-5-3-6-23)17-21-12-26-27(28(13-21)33(34,35)36)18-45(32(26)46)30-15-22(14-29(41-30)39-10-4-9-37)25-11-20(16-38)7-8-24(25)31-42-40-19-44(31)2/h7-8,11-15,19,23H,3-6,10,17-18H2,1-2H3,(H,39,41). The Morgan fingerprint density at radius 2 is 1.89 bits per heavy atom. The van der Waals surface area contributed by atoms with Gasteiger partial charge in [-0.3, -0.25) is 14.6 Å². The molecule has 1 amide bonds. The zero-order valence-electron chi connectivity index (χ0n) is 25.3. The van der Waals surface area contributed by atoms with Crippen LogP contribution in [0.5, 0.6) is 0 Å². The normalized spacial score (nSPS) is 14.6. The third-order valence-electron chi connectivity index (χ3n) is 8.58. The SMILES string of the molecule is CN(Cc1cc2c(c(C(F)(F)F)c1)CN(c1cc(-c3cc(C#N)ccc3-c3nncn3C)cc(NCCC#N)n1)C2=O)C1CCC1. The summed E-state index contributed by atoms with van der Waals surface area (Å²) in [6, 6.07) is 15.6. The van der Waals surface area contributed by atoms with Crippen LogP contribution in [-0.2, 0) is 26.3 Å². The Labute approximate surface area is 263 Å². The lowest BCUT2D eigenvalue weighted by atomic mass is 9.91. The first-order valence-electron chi connectivity index (χ1n) is 14.8. The van der Waals surface area contributed by atoms with E-state index in [0.717, 1.165) is 25.3 Å². The maximum atomic E-state index is 14.4. The van der Waals surface area contributed by atoms with Gasteiger partial charge in [0, 0.05) is 37.3 Å². The summed E-state index contributed by atoms with van der Waals surface area (Å²) in [6.07, 6.45) is 0.163. The molecule has 46 heavy (non-hydrogen) atoms. The Morgan fingerprint density at radius 1 is 1.09 bits per heavy atom. The number of carbonyl (C=O) groups is 1. The smallest absolute Gasteiger partial charge is 0.369 e. The maximum Gasteiger partial charge on any atom is 0.416 e. The van der Waals surface area contributed by atoms with E-state index in [1.165, 1.54) is 4.90 Å². The lowest BCUT2D eigenvalue weighted by Crippen LogP contribution is -2.36. The molecule has 1 aliphatic carbocycles. The van der Waals surface area contributed by atoms with Crippen LogP contribution < -0.4 is 10.2 Å². The van der Waals surface area contributed by atoms with E-state index < -0.39 is 17.6 Å². The van der Waals surface area contributed by atoms with E-state index >= 15 is 0 Å². The highest BCUT2D eigenvalue weighted by Crippen LogP contribution is 2.41. The molecule has 10 nitrogen and oxygen atoms in total. The molecule has 1 aliphatic heterocycles. The van der Waals surface area contributed by atoms with Crippen molar-refractivity contribution in [3.8, 4) is 34.7 Å². The summed E-state index contributed by atoms with van der Waals surface area (Å²) in [5.74, 6) is 0.388. The van der Waals surface area contributed by atoms with E-state index in [1.54, 1.807) is 54.3 Å². The average molecular weight is 626 g/mol. The monoisotopic (exact) mass is 625 g/mol. The number of benzene rings is 2. The largest absolute Gasteiger partial charge is 0.416 e. The Balaban J connectivity index is 1.45. The first-order valence-corrected chi connectivity index (χ1v) is 14.8. The number of nitrogens with one attached hydrogen (secondary N) is 1. The predicted molar refractivity (Wildman–Crippen MR) is 164 cm³/mol. The molecule has 0 unspecified atom stereocenters. The van der Waals surface area contributed by atoms with E-state index in [9.17, 15) is 23.2 Å². The molecular weight excluding hydrogens is 595 g/mol. The van der Waals surface area contributed by atoms with Crippen molar-refractivity contribution in [2.75, 3.05) is 23.8 Å². The molecule has 1 N–H and O–H groups in total. The van der Waals surface area contributed by atoms with Crippen LogP contribution in [0.15, 0.2) is 48.8 Å². The van der Waals surface area contributed by atoms with E-state index in [4.69, 9.17) is 5.26 Å². The number of alkyl halides is 3. The van der Waals surface area contributed by atoms with Gasteiger partial charge in [0.1, 0.15) is 18.0 Å². The lowest BCUT2D eigenvalue weighted by Gasteiger charge is -2.35. The van der Waals surface area contributed by atoms with Crippen molar-refractivity contribution in [1.29, 1.82) is 10.5 Å². The summed E-state index contributed by atoms with van der Waals surface area (Å²) in [6.45, 7) is 0.240. The number of aromatic nitrogens is 4. The maximum absolute atomic E-state index is 14.4. The molecule has 0 spiro atoms. The minimum atomic E-state index is -4.66. The van der Waals surface area contributed by atoms with Crippen LogP contribution in [0.1, 0.15) is 58.3 Å². The van der Waals surface area contributed by atoms with Gasteiger partial charge in [-0.2, -0.15) is 23.7 Å². The summed E-state index contributed by atoms with van der Waals surface area (Å²) in [4.78, 5) is 21.8. The predicted octanol–water partition coefficient (Wildman–Crippen LogP) is 5.90. The first-order chi connectivity index (χ1) is 22.1. The van der Waals surface area contributed by atoms with Crippen molar-refractivity contribution >= 4 is 17.5 Å². The number of nitriles is 2. The van der Waals surface area contributed by atoms with Crippen LogP contribution in [0.2, 0.25) is 0 Å². The molecule has 0 saturated heterocycles. The number of halogens is 3. The van der Waals surface area contributed by atoms with Gasteiger partial charge in [-0.05, 0) is 84.6 Å². The van der Waals surface area contributed by atoms with Crippen LogP contribution in [-0.4, -0.2) is 50.2 Å². The average Bonchev–Trinajstić information content (AvgIpc) is 3.57. The molecule has 3 heterocycles. The quantitative estimate of drug-likeness (QED) is 0.228. The fraction of sp³-hybridized carbons (Fsp3) is 0.333. The molecule has 1 saturated carbocycles. The molecule has 2 aliphatic rings. The number of carbonyl (C=O) groups excluding carboxylic acids is 1. The van der Waals surface area contributed by atoms with Gasteiger partial charge in [-0.25, -0.2) is 4.98 Å². The molecule has 0 radical (unpaired) electrons. The molecule has 13 heteroatoms. The van der Waals surface area contributed by atoms with Crippen molar-refractivity contribution in [1.82, 2.24) is 24.6 Å². The third kappa shape index (κ3) is 5.89. The summed E-state index contributed by atoms with van der Waals surface area (Å²) >= 11 is 0. The number of nitrogens with zero attached hydrogens (tertiary/aromatic N) is 8. The van der Waals surface area contributed by atoms with Gasteiger partial charge < -0.3 is 9.88 Å². The van der Waals surface area contributed by atoms with Crippen molar-refractivity contribution in [2.24, 2.45) is 7.05 Å². The number of rotatable bonds is 9. The number of hydrogen-bond acceptors (Lipinski definition) is 8. The molecule has 1 fully saturated rings. The minimum absolute atomic E-state index is 0.00396. The highest BCUT2D eigenvalue weighted by Gasteiger charge is 2.41. The Hall–Kier alpha value is -5.27. The van der Waals surface area contributed by atoms with Crippen LogP contribution in [0, 0.1) is 22.7 Å². The topological polar surface area (TPSA) is 127 Å². The molecule has 4 aromatic rings. The number of pyridine rings is 1. The molecule has 0 bridgehead atoms. The van der Waals surface area contributed by atoms with E-state index in [1.807, 2.05) is 11.9 Å². The summed E-state index contributed by atoms with van der Waals surface area (Å²) < 4.78 is 45.0. The molecule has 234 valence electrons. The van der Waals surface area contributed by atoms with E-state index in [2.05, 4.69) is 32.6 Å². The number of anilines is 2. The highest BCUT2D eigenvalue weighted by molar-refractivity contribution is 6.10. The van der Waals surface area contributed by atoms with Crippen LogP contribution >= 0.6 is 0 Å². The zero-order chi connectivity index (χ0) is 32.6. The van der Waals surface area contributed by atoms with E-state index in [0.29, 0.717) is 52.0 Å². The number of hydrogen-bond donors (Lipinski definition) is 1. The number of amides is 1. The summed E-state index contributed by atoms with van der Waals surface area (Å²) in [7, 11) is 3.67. The molecule has 0 atom stereocenters. The molecule has 2 aromatic heterocycles. The fourth-order valence-corrected chi connectivity index (χ4v) is 5.96. The second-order valence-electron chi connectivity index (χ2n) is 11.6. The van der Waals surface area contributed by atoms with Crippen molar-refractivity contribution in [2.45, 2.75) is 51.0 Å². The van der Waals surface area contributed by atoms with Crippen LogP contribution in [0.4, 0.5) is 24.8 Å². The first kappa shape index (κ1) is 30.7. The van der Waals surface area contributed by atoms with Crippen molar-refractivity contribution < 1.29 is 18.0 Å². The lowest BCUT2D eigenvalue weighted by molar-refractivity contribution is -0.138. The van der Waals surface area contributed by atoms with Gasteiger partial charge in [0.15, 0.2) is 5.82 Å². The number of fused-ring (bicyclic) bond motifs is 1. The fourth-order valence-electron chi connectivity index (χ4n) is 5.96. The minimum Gasteiger partial charge on any atom is -0.369 e. The summed E-state index contributed by atoms with van der Waals surface area (Å²) in [5, 5.41) is 30.0. The molecular formula is C33H30F3N9O. The molecule has 6 rings (SSSR count). The Bertz CT molecular complexity index is 1900. The van der Waals surface area contributed by atoms with Gasteiger partial charge >= 0.3 is 6.18 Å². The van der Waals surface area contributed by atoms with Gasteiger partial charge in [-0.1, -0.05) is 6.42 Å². The molecule has 2 aromatic carbocycles. The summed E-state index contributed by atoms with van der Waals surface area (Å²) in [5.41, 5.74) is 1.66. The Morgan fingerprint density at radius 3 is 2.54 bits per heavy atom.